The fourth-order valence-electron chi connectivity index (χ4n) is 2.67. The quantitative estimate of drug-likeness (QED) is 0.274. The van der Waals surface area contributed by atoms with Gasteiger partial charge in [-0.25, -0.2) is 4.79 Å². The van der Waals surface area contributed by atoms with Crippen molar-refractivity contribution in [3.8, 4) is 5.75 Å². The topological polar surface area (TPSA) is 60.4 Å². The van der Waals surface area contributed by atoms with Crippen molar-refractivity contribution in [1.29, 1.82) is 0 Å². The Kier molecular flexibility index (Phi) is 2.24. The van der Waals surface area contributed by atoms with Crippen LogP contribution in [0.2, 0.25) is 0 Å². The van der Waals surface area contributed by atoms with E-state index in [0.717, 1.165) is 16.2 Å². The molecule has 0 radical (unpaired) electrons. The lowest BCUT2D eigenvalue weighted by molar-refractivity contribution is -0.145. The van der Waals surface area contributed by atoms with E-state index in [1.807, 2.05) is 36.4 Å². The van der Waals surface area contributed by atoms with Crippen molar-refractivity contribution in [3.05, 3.63) is 54.1 Å². The molecule has 3 aromatic carbocycles. The van der Waals surface area contributed by atoms with E-state index in [0.29, 0.717) is 5.39 Å². The minimum absolute atomic E-state index is 0.146. The first kappa shape index (κ1) is 11.8. The minimum atomic E-state index is -1.12. The lowest BCUT2D eigenvalue weighted by Gasteiger charge is -2.16. The van der Waals surface area contributed by atoms with Gasteiger partial charge in [0.15, 0.2) is 0 Å². The highest BCUT2D eigenvalue weighted by Gasteiger charge is 2.35. The van der Waals surface area contributed by atoms with Gasteiger partial charge in [-0.1, -0.05) is 30.3 Å². The molecule has 0 bridgehead atoms. The molecular formula is C17H8O4. The maximum absolute atomic E-state index is 12.1. The summed E-state index contributed by atoms with van der Waals surface area (Å²) in [6.07, 6.45) is 0. The van der Waals surface area contributed by atoms with E-state index >= 15 is 0 Å². The molecule has 0 fully saturated rings. The van der Waals surface area contributed by atoms with Crippen molar-refractivity contribution in [3.63, 3.8) is 0 Å². The standard InChI is InChI=1S/C17H8O4/c18-15-14-12-8-10-4-2-1-3-9(10)7-11(12)5-6-13(14)21-17(20)16(15)19/h1-8H. The lowest BCUT2D eigenvalue weighted by atomic mass is 9.94. The number of hydrogen-bond donors (Lipinski definition) is 0. The fourth-order valence-corrected chi connectivity index (χ4v) is 2.67. The van der Waals surface area contributed by atoms with Crippen LogP contribution in [-0.4, -0.2) is 17.5 Å². The van der Waals surface area contributed by atoms with Crippen LogP contribution in [0.25, 0.3) is 21.5 Å². The van der Waals surface area contributed by atoms with E-state index in [2.05, 4.69) is 0 Å². The van der Waals surface area contributed by atoms with Crippen LogP contribution in [0.15, 0.2) is 48.5 Å². The second kappa shape index (κ2) is 3.99. The Bertz CT molecular complexity index is 969. The van der Waals surface area contributed by atoms with Gasteiger partial charge in [-0.05, 0) is 39.7 Å². The summed E-state index contributed by atoms with van der Waals surface area (Å²) in [6.45, 7) is 0. The van der Waals surface area contributed by atoms with Gasteiger partial charge >= 0.3 is 11.8 Å². The highest BCUT2D eigenvalue weighted by atomic mass is 16.5. The van der Waals surface area contributed by atoms with Crippen molar-refractivity contribution in [2.24, 2.45) is 0 Å². The van der Waals surface area contributed by atoms with E-state index in [1.54, 1.807) is 12.1 Å². The summed E-state index contributed by atoms with van der Waals surface area (Å²) in [5.74, 6) is -2.90. The molecule has 1 aliphatic heterocycles. The van der Waals surface area contributed by atoms with E-state index in [9.17, 15) is 14.4 Å². The molecule has 0 atom stereocenters. The van der Waals surface area contributed by atoms with Crippen LogP contribution < -0.4 is 4.74 Å². The molecule has 0 aliphatic carbocycles. The van der Waals surface area contributed by atoms with Crippen LogP contribution in [-0.2, 0) is 9.59 Å². The van der Waals surface area contributed by atoms with Crippen molar-refractivity contribution in [2.75, 3.05) is 0 Å². The van der Waals surface area contributed by atoms with E-state index in [-0.39, 0.29) is 11.3 Å². The molecule has 0 unspecified atom stereocenters. The summed E-state index contributed by atoms with van der Waals surface area (Å²) in [4.78, 5) is 35.0. The molecule has 0 amide bonds. The Morgan fingerprint density at radius 1 is 0.714 bits per heavy atom. The van der Waals surface area contributed by atoms with Gasteiger partial charge in [-0.2, -0.15) is 0 Å². The van der Waals surface area contributed by atoms with Crippen molar-refractivity contribution in [2.45, 2.75) is 0 Å². The van der Waals surface area contributed by atoms with Crippen molar-refractivity contribution in [1.82, 2.24) is 0 Å². The molecule has 0 saturated heterocycles. The number of ether oxygens (including phenoxy) is 1. The first-order valence-electron chi connectivity index (χ1n) is 6.41. The average Bonchev–Trinajstić information content (AvgIpc) is 2.50. The zero-order chi connectivity index (χ0) is 14.6. The maximum atomic E-state index is 12.1. The molecule has 0 N–H and O–H groups in total. The molecule has 4 nitrogen and oxygen atoms in total. The van der Waals surface area contributed by atoms with Crippen LogP contribution >= 0.6 is 0 Å². The number of carbonyl (C=O) groups is 3. The molecule has 0 saturated carbocycles. The summed E-state index contributed by atoms with van der Waals surface area (Å²) in [6, 6.07) is 14.8. The summed E-state index contributed by atoms with van der Waals surface area (Å²) in [7, 11) is 0. The van der Waals surface area contributed by atoms with Crippen LogP contribution in [0.1, 0.15) is 10.4 Å². The van der Waals surface area contributed by atoms with Crippen LogP contribution in [0, 0.1) is 0 Å². The molecule has 21 heavy (non-hydrogen) atoms. The van der Waals surface area contributed by atoms with Gasteiger partial charge < -0.3 is 4.74 Å². The van der Waals surface area contributed by atoms with Crippen molar-refractivity contribution >= 4 is 39.1 Å². The van der Waals surface area contributed by atoms with E-state index < -0.39 is 17.5 Å². The smallest absolute Gasteiger partial charge is 0.388 e. The van der Waals surface area contributed by atoms with Gasteiger partial charge in [0.2, 0.25) is 5.78 Å². The van der Waals surface area contributed by atoms with Gasteiger partial charge in [-0.3, -0.25) is 9.59 Å². The number of benzene rings is 3. The van der Waals surface area contributed by atoms with Gasteiger partial charge in [0.05, 0.1) is 5.56 Å². The molecule has 4 rings (SSSR count). The van der Waals surface area contributed by atoms with Gasteiger partial charge in [0, 0.05) is 0 Å². The number of carbonyl (C=O) groups excluding carboxylic acids is 3. The van der Waals surface area contributed by atoms with Crippen LogP contribution in [0.3, 0.4) is 0 Å². The zero-order valence-electron chi connectivity index (χ0n) is 10.8. The van der Waals surface area contributed by atoms with Gasteiger partial charge in [0.1, 0.15) is 5.75 Å². The Hall–Kier alpha value is -3.01. The largest absolute Gasteiger partial charge is 0.420 e. The van der Waals surface area contributed by atoms with Crippen molar-refractivity contribution < 1.29 is 19.1 Å². The van der Waals surface area contributed by atoms with E-state index in [4.69, 9.17) is 4.74 Å². The zero-order valence-corrected chi connectivity index (χ0v) is 10.8. The second-order valence-electron chi connectivity index (χ2n) is 4.91. The lowest BCUT2D eigenvalue weighted by Crippen LogP contribution is -2.33. The third kappa shape index (κ3) is 1.59. The summed E-state index contributed by atoms with van der Waals surface area (Å²) in [5.41, 5.74) is 0.169. The van der Waals surface area contributed by atoms with Crippen LogP contribution in [0.5, 0.6) is 5.75 Å². The molecule has 4 heteroatoms. The highest BCUT2D eigenvalue weighted by molar-refractivity contribution is 6.68. The molecule has 0 spiro atoms. The average molecular weight is 276 g/mol. The molecule has 1 aliphatic rings. The third-order valence-electron chi connectivity index (χ3n) is 3.67. The maximum Gasteiger partial charge on any atom is 0.388 e. The number of hydrogen-bond acceptors (Lipinski definition) is 4. The number of fused-ring (bicyclic) bond motifs is 4. The normalized spacial score (nSPS) is 14.4. The molecule has 3 aromatic rings. The second-order valence-corrected chi connectivity index (χ2v) is 4.91. The Morgan fingerprint density at radius 2 is 1.43 bits per heavy atom. The molecule has 0 aromatic heterocycles. The summed E-state index contributed by atoms with van der Waals surface area (Å²) in [5, 5.41) is 3.44. The fraction of sp³-hybridized carbons (Fsp3) is 0. The van der Waals surface area contributed by atoms with Gasteiger partial charge in [0.25, 0.3) is 0 Å². The van der Waals surface area contributed by atoms with Crippen LogP contribution in [0.4, 0.5) is 0 Å². The van der Waals surface area contributed by atoms with E-state index in [1.165, 1.54) is 0 Å². The number of rotatable bonds is 0. The monoisotopic (exact) mass is 276 g/mol. The van der Waals surface area contributed by atoms with Gasteiger partial charge in [-0.15, -0.1) is 0 Å². The Balaban J connectivity index is 2.13. The number of Topliss-reactive ketones (excluding diaryl/α,β-unsaturated/α-hetero) is 2. The molecule has 1 heterocycles. The molecular weight excluding hydrogens is 268 g/mol. The molecule has 100 valence electrons. The summed E-state index contributed by atoms with van der Waals surface area (Å²) < 4.78 is 4.93. The summed E-state index contributed by atoms with van der Waals surface area (Å²) >= 11 is 0. The number of esters is 1. The third-order valence-corrected chi connectivity index (χ3v) is 3.67. The SMILES string of the molecule is O=C1Oc2ccc3cc4ccccc4cc3c2C(=O)C1=O. The Morgan fingerprint density at radius 3 is 2.19 bits per heavy atom. The predicted octanol–water partition coefficient (Wildman–Crippen LogP) is 2.66. The highest BCUT2D eigenvalue weighted by Crippen LogP contribution is 2.33. The minimum Gasteiger partial charge on any atom is -0.420 e. The Labute approximate surface area is 118 Å². The number of ketones is 2. The first-order valence-corrected chi connectivity index (χ1v) is 6.41. The first-order chi connectivity index (χ1) is 10.1. The predicted molar refractivity (Wildman–Crippen MR) is 76.4 cm³/mol.